The van der Waals surface area contributed by atoms with Gasteiger partial charge in [-0.15, -0.1) is 0 Å². The summed E-state index contributed by atoms with van der Waals surface area (Å²) in [6.07, 6.45) is 4.50. The molecule has 1 aromatic carbocycles. The van der Waals surface area contributed by atoms with E-state index in [-0.39, 0.29) is 5.91 Å². The molecule has 0 aromatic heterocycles. The van der Waals surface area contributed by atoms with Crippen LogP contribution in [0.4, 0.5) is 0 Å². The number of rotatable bonds is 3. The van der Waals surface area contributed by atoms with Gasteiger partial charge in [-0.1, -0.05) is 12.1 Å². The molecule has 3 nitrogen and oxygen atoms in total. The molecule has 0 bridgehead atoms. The van der Waals surface area contributed by atoms with Crippen molar-refractivity contribution in [3.63, 3.8) is 0 Å². The molecule has 0 heterocycles. The zero-order chi connectivity index (χ0) is 14.7. The molecule has 20 heavy (non-hydrogen) atoms. The maximum absolute atomic E-state index is 12.7. The number of nitrogens with one attached hydrogen (secondary N) is 1. The van der Waals surface area contributed by atoms with E-state index >= 15 is 0 Å². The number of halogens is 1. The van der Waals surface area contributed by atoms with Crippen molar-refractivity contribution in [2.45, 2.75) is 44.7 Å². The first kappa shape index (κ1) is 15.8. The number of aryl methyl sites for hydroxylation is 1. The molecular formula is C16H23IN2O. The largest absolute Gasteiger partial charge is 0.339 e. The van der Waals surface area contributed by atoms with Gasteiger partial charge in [0.15, 0.2) is 0 Å². The van der Waals surface area contributed by atoms with Gasteiger partial charge in [-0.05, 0) is 73.9 Å². The molecule has 110 valence electrons. The smallest absolute Gasteiger partial charge is 0.254 e. The summed E-state index contributed by atoms with van der Waals surface area (Å²) in [7, 11) is 3.97. The molecule has 1 N–H and O–H groups in total. The van der Waals surface area contributed by atoms with Crippen LogP contribution < -0.4 is 5.32 Å². The van der Waals surface area contributed by atoms with Crippen molar-refractivity contribution in [3.8, 4) is 0 Å². The minimum atomic E-state index is 0.158. The molecule has 0 saturated heterocycles. The van der Waals surface area contributed by atoms with Crippen LogP contribution in [0.5, 0.6) is 0 Å². The molecule has 1 saturated carbocycles. The van der Waals surface area contributed by atoms with Crippen molar-refractivity contribution < 1.29 is 4.79 Å². The molecule has 1 amide bonds. The molecule has 1 aromatic rings. The maximum atomic E-state index is 12.7. The number of benzene rings is 1. The summed E-state index contributed by atoms with van der Waals surface area (Å²) >= 11 is 2.28. The average molecular weight is 386 g/mol. The Morgan fingerprint density at radius 3 is 2.55 bits per heavy atom. The molecular weight excluding hydrogens is 363 g/mol. The Morgan fingerprint density at radius 2 is 1.95 bits per heavy atom. The number of carbonyl (C=O) groups excluding carboxylic acids is 1. The van der Waals surface area contributed by atoms with Crippen molar-refractivity contribution in [1.82, 2.24) is 10.2 Å². The number of hydrogen-bond donors (Lipinski definition) is 1. The predicted octanol–water partition coefficient (Wildman–Crippen LogP) is 3.20. The Balaban J connectivity index is 2.07. The topological polar surface area (TPSA) is 32.3 Å². The Labute approximate surface area is 135 Å². The highest BCUT2D eigenvalue weighted by molar-refractivity contribution is 14.1. The lowest BCUT2D eigenvalue weighted by molar-refractivity contribution is 0.0684. The minimum Gasteiger partial charge on any atom is -0.339 e. The molecule has 2 rings (SSSR count). The third kappa shape index (κ3) is 3.34. The van der Waals surface area contributed by atoms with Crippen LogP contribution in [0.3, 0.4) is 0 Å². The maximum Gasteiger partial charge on any atom is 0.254 e. The predicted molar refractivity (Wildman–Crippen MR) is 91.1 cm³/mol. The highest BCUT2D eigenvalue weighted by Crippen LogP contribution is 2.25. The second kappa shape index (κ2) is 6.89. The lowest BCUT2D eigenvalue weighted by atomic mass is 9.90. The molecule has 0 radical (unpaired) electrons. The first-order valence-corrected chi connectivity index (χ1v) is 8.32. The number of nitrogens with zero attached hydrogens (tertiary/aromatic N) is 1. The van der Waals surface area contributed by atoms with Gasteiger partial charge in [-0.3, -0.25) is 4.79 Å². The van der Waals surface area contributed by atoms with Gasteiger partial charge in [0, 0.05) is 22.7 Å². The summed E-state index contributed by atoms with van der Waals surface area (Å²) in [6, 6.07) is 6.96. The SMILES string of the molecule is CNC1CCC(N(C)C(=O)c2cccc(C)c2I)CC1. The van der Waals surface area contributed by atoms with Crippen molar-refractivity contribution >= 4 is 28.5 Å². The van der Waals surface area contributed by atoms with E-state index in [1.54, 1.807) is 0 Å². The van der Waals surface area contributed by atoms with Crippen LogP contribution in [0.1, 0.15) is 41.6 Å². The Kier molecular flexibility index (Phi) is 5.43. The monoisotopic (exact) mass is 386 g/mol. The lowest BCUT2D eigenvalue weighted by Gasteiger charge is -2.34. The fourth-order valence-corrected chi connectivity index (χ4v) is 3.51. The number of hydrogen-bond acceptors (Lipinski definition) is 2. The summed E-state index contributed by atoms with van der Waals surface area (Å²) in [4.78, 5) is 14.6. The van der Waals surface area contributed by atoms with Crippen molar-refractivity contribution in [3.05, 3.63) is 32.9 Å². The van der Waals surface area contributed by atoms with Gasteiger partial charge in [0.25, 0.3) is 5.91 Å². The first-order valence-electron chi connectivity index (χ1n) is 7.24. The Hall–Kier alpha value is -0.620. The lowest BCUT2D eigenvalue weighted by Crippen LogP contribution is -2.42. The van der Waals surface area contributed by atoms with E-state index in [2.05, 4.69) is 40.9 Å². The van der Waals surface area contributed by atoms with Gasteiger partial charge in [0.05, 0.1) is 5.56 Å². The Morgan fingerprint density at radius 1 is 1.30 bits per heavy atom. The van der Waals surface area contributed by atoms with Crippen LogP contribution in [-0.2, 0) is 0 Å². The van der Waals surface area contributed by atoms with E-state index in [0.717, 1.165) is 34.8 Å². The second-order valence-corrected chi connectivity index (χ2v) is 6.73. The van der Waals surface area contributed by atoms with E-state index < -0.39 is 0 Å². The molecule has 0 unspecified atom stereocenters. The highest BCUT2D eigenvalue weighted by atomic mass is 127. The molecule has 1 aliphatic rings. The van der Waals surface area contributed by atoms with E-state index in [4.69, 9.17) is 0 Å². The molecule has 0 aliphatic heterocycles. The van der Waals surface area contributed by atoms with E-state index in [1.807, 2.05) is 31.1 Å². The van der Waals surface area contributed by atoms with Gasteiger partial charge < -0.3 is 10.2 Å². The van der Waals surface area contributed by atoms with Gasteiger partial charge in [-0.2, -0.15) is 0 Å². The second-order valence-electron chi connectivity index (χ2n) is 5.65. The molecule has 1 aliphatic carbocycles. The highest BCUT2D eigenvalue weighted by Gasteiger charge is 2.27. The molecule has 1 fully saturated rings. The van der Waals surface area contributed by atoms with Crippen LogP contribution in [0.15, 0.2) is 18.2 Å². The average Bonchev–Trinajstić information content (AvgIpc) is 2.48. The van der Waals surface area contributed by atoms with Crippen LogP contribution in [0, 0.1) is 10.5 Å². The summed E-state index contributed by atoms with van der Waals surface area (Å²) in [5, 5.41) is 3.34. The fraction of sp³-hybridized carbons (Fsp3) is 0.562. The normalized spacial score (nSPS) is 22.6. The van der Waals surface area contributed by atoms with Gasteiger partial charge in [0.1, 0.15) is 0 Å². The quantitative estimate of drug-likeness (QED) is 0.810. The molecule has 4 heteroatoms. The van der Waals surface area contributed by atoms with Gasteiger partial charge >= 0.3 is 0 Å². The van der Waals surface area contributed by atoms with Crippen LogP contribution >= 0.6 is 22.6 Å². The van der Waals surface area contributed by atoms with Gasteiger partial charge in [-0.25, -0.2) is 0 Å². The zero-order valence-corrected chi connectivity index (χ0v) is 14.6. The standard InChI is InChI=1S/C16H23IN2O/c1-11-5-4-6-14(15(11)17)16(20)19(3)13-9-7-12(18-2)8-10-13/h4-6,12-13,18H,7-10H2,1-3H3. The number of amides is 1. The van der Waals surface area contributed by atoms with Gasteiger partial charge in [0.2, 0.25) is 0 Å². The third-order valence-electron chi connectivity index (χ3n) is 4.40. The molecule has 0 atom stereocenters. The van der Waals surface area contributed by atoms with Crippen molar-refractivity contribution in [2.24, 2.45) is 0 Å². The summed E-state index contributed by atoms with van der Waals surface area (Å²) < 4.78 is 1.07. The summed E-state index contributed by atoms with van der Waals surface area (Å²) in [5.41, 5.74) is 2.01. The van der Waals surface area contributed by atoms with Crippen LogP contribution in [0.2, 0.25) is 0 Å². The first-order chi connectivity index (χ1) is 9.54. The summed E-state index contributed by atoms with van der Waals surface area (Å²) in [6.45, 7) is 2.05. The molecule has 0 spiro atoms. The van der Waals surface area contributed by atoms with Crippen molar-refractivity contribution in [2.75, 3.05) is 14.1 Å². The van der Waals surface area contributed by atoms with E-state index in [0.29, 0.717) is 12.1 Å². The summed E-state index contributed by atoms with van der Waals surface area (Å²) in [5.74, 6) is 0.158. The van der Waals surface area contributed by atoms with E-state index in [9.17, 15) is 4.79 Å². The van der Waals surface area contributed by atoms with Crippen LogP contribution in [0.25, 0.3) is 0 Å². The minimum absolute atomic E-state index is 0.158. The van der Waals surface area contributed by atoms with E-state index in [1.165, 1.54) is 5.56 Å². The third-order valence-corrected chi connectivity index (χ3v) is 5.83. The Bertz CT molecular complexity index is 481. The number of carbonyl (C=O) groups is 1. The fourth-order valence-electron chi connectivity index (χ4n) is 2.92. The van der Waals surface area contributed by atoms with Crippen molar-refractivity contribution in [1.29, 1.82) is 0 Å². The zero-order valence-electron chi connectivity index (χ0n) is 12.4. The van der Waals surface area contributed by atoms with Crippen LogP contribution in [-0.4, -0.2) is 37.0 Å².